The number of amides is 2. The Morgan fingerprint density at radius 3 is 2.32 bits per heavy atom. The Morgan fingerprint density at radius 2 is 1.68 bits per heavy atom. The van der Waals surface area contributed by atoms with Crippen LogP contribution in [0.1, 0.15) is 12.8 Å². The molecule has 132 valence electrons. The van der Waals surface area contributed by atoms with Crippen LogP contribution >= 0.6 is 11.8 Å². The normalized spacial score (nSPS) is 10.5. The number of nitrogens with two attached hydrogens (primary N) is 1. The van der Waals surface area contributed by atoms with Crippen molar-refractivity contribution in [3.05, 3.63) is 60.2 Å². The van der Waals surface area contributed by atoms with E-state index in [9.17, 15) is 18.4 Å². The highest BCUT2D eigenvalue weighted by Crippen LogP contribution is 2.23. The lowest BCUT2D eigenvalue weighted by Gasteiger charge is -2.22. The second kappa shape index (κ2) is 9.17. The van der Waals surface area contributed by atoms with E-state index in [2.05, 4.69) is 0 Å². The number of anilines is 1. The van der Waals surface area contributed by atoms with Gasteiger partial charge < -0.3 is 10.6 Å². The van der Waals surface area contributed by atoms with Crippen LogP contribution in [0.25, 0.3) is 0 Å². The minimum absolute atomic E-state index is 0.00354. The van der Waals surface area contributed by atoms with Crippen molar-refractivity contribution in [2.75, 3.05) is 17.2 Å². The van der Waals surface area contributed by atoms with Crippen molar-refractivity contribution < 1.29 is 18.4 Å². The summed E-state index contributed by atoms with van der Waals surface area (Å²) in [4.78, 5) is 25.4. The molecule has 0 atom stereocenters. The number of rotatable bonds is 8. The summed E-state index contributed by atoms with van der Waals surface area (Å²) in [7, 11) is 0. The summed E-state index contributed by atoms with van der Waals surface area (Å²) in [5.74, 6) is -1.13. The lowest BCUT2D eigenvalue weighted by Crippen LogP contribution is -2.34. The zero-order valence-corrected chi connectivity index (χ0v) is 14.3. The predicted octanol–water partition coefficient (Wildman–Crippen LogP) is 3.36. The standard InChI is InChI=1S/C18H18F2N2O2S/c19-13-5-7-14(8-6-13)22(11-9-17(21)23)18(24)10-12-25-16-4-2-1-3-15(16)20/h1-8H,9-12H2,(H2,21,23). The first-order chi connectivity index (χ1) is 12.0. The van der Waals surface area contributed by atoms with E-state index in [0.717, 1.165) is 0 Å². The first kappa shape index (κ1) is 18.9. The maximum atomic E-state index is 13.6. The minimum atomic E-state index is -0.527. The molecule has 4 nitrogen and oxygen atoms in total. The molecule has 0 aromatic heterocycles. The van der Waals surface area contributed by atoms with Crippen LogP contribution in [0.15, 0.2) is 53.4 Å². The zero-order chi connectivity index (χ0) is 18.2. The van der Waals surface area contributed by atoms with Gasteiger partial charge in [-0.05, 0) is 36.4 Å². The number of halogens is 2. The van der Waals surface area contributed by atoms with Gasteiger partial charge in [0, 0.05) is 35.7 Å². The summed E-state index contributed by atoms with van der Waals surface area (Å²) >= 11 is 1.24. The van der Waals surface area contributed by atoms with Gasteiger partial charge in [-0.15, -0.1) is 11.8 Å². The highest BCUT2D eigenvalue weighted by molar-refractivity contribution is 7.99. The maximum Gasteiger partial charge on any atom is 0.227 e. The maximum absolute atomic E-state index is 13.6. The molecule has 0 radical (unpaired) electrons. The summed E-state index contributed by atoms with van der Waals surface area (Å²) < 4.78 is 26.7. The van der Waals surface area contributed by atoms with Gasteiger partial charge in [-0.1, -0.05) is 12.1 Å². The van der Waals surface area contributed by atoms with Gasteiger partial charge in [0.05, 0.1) is 0 Å². The van der Waals surface area contributed by atoms with E-state index < -0.39 is 11.7 Å². The number of nitrogens with zero attached hydrogens (tertiary/aromatic N) is 1. The number of primary amides is 1. The van der Waals surface area contributed by atoms with Crippen molar-refractivity contribution in [3.8, 4) is 0 Å². The van der Waals surface area contributed by atoms with E-state index in [0.29, 0.717) is 16.3 Å². The van der Waals surface area contributed by atoms with Crippen LogP contribution in [-0.2, 0) is 9.59 Å². The largest absolute Gasteiger partial charge is 0.370 e. The van der Waals surface area contributed by atoms with Crippen molar-refractivity contribution in [1.29, 1.82) is 0 Å². The van der Waals surface area contributed by atoms with Gasteiger partial charge in [0.15, 0.2) is 0 Å². The molecule has 25 heavy (non-hydrogen) atoms. The second-order valence-electron chi connectivity index (χ2n) is 5.27. The second-order valence-corrected chi connectivity index (χ2v) is 6.40. The predicted molar refractivity (Wildman–Crippen MR) is 94.3 cm³/mol. The van der Waals surface area contributed by atoms with Gasteiger partial charge in [0.2, 0.25) is 11.8 Å². The third kappa shape index (κ3) is 5.86. The van der Waals surface area contributed by atoms with Gasteiger partial charge in [-0.3, -0.25) is 9.59 Å². The number of carbonyl (C=O) groups excluding carboxylic acids is 2. The van der Waals surface area contributed by atoms with Crippen LogP contribution in [-0.4, -0.2) is 24.1 Å². The van der Waals surface area contributed by atoms with Gasteiger partial charge in [-0.25, -0.2) is 8.78 Å². The fourth-order valence-electron chi connectivity index (χ4n) is 2.19. The Balaban J connectivity index is 2.00. The third-order valence-corrected chi connectivity index (χ3v) is 4.48. The molecule has 0 unspecified atom stereocenters. The summed E-state index contributed by atoms with van der Waals surface area (Å²) in [5.41, 5.74) is 5.64. The van der Waals surface area contributed by atoms with Crippen LogP contribution in [0.5, 0.6) is 0 Å². The molecule has 0 fully saturated rings. The molecule has 0 aliphatic carbocycles. The lowest BCUT2D eigenvalue weighted by atomic mass is 10.2. The number of carbonyl (C=O) groups is 2. The van der Waals surface area contributed by atoms with Crippen LogP contribution in [0.4, 0.5) is 14.5 Å². The highest BCUT2D eigenvalue weighted by Gasteiger charge is 2.17. The van der Waals surface area contributed by atoms with E-state index in [1.807, 2.05) is 0 Å². The molecule has 2 aromatic rings. The molecule has 2 rings (SSSR count). The summed E-state index contributed by atoms with van der Waals surface area (Å²) in [5, 5.41) is 0. The molecular formula is C18H18F2N2O2S. The summed E-state index contributed by atoms with van der Waals surface area (Å²) in [6, 6.07) is 11.8. The van der Waals surface area contributed by atoms with Gasteiger partial charge in [0.1, 0.15) is 11.6 Å². The fraction of sp³-hybridized carbons (Fsp3) is 0.222. The van der Waals surface area contributed by atoms with Crippen molar-refractivity contribution >= 4 is 29.3 Å². The highest BCUT2D eigenvalue weighted by atomic mass is 32.2. The molecule has 2 aromatic carbocycles. The van der Waals surface area contributed by atoms with Crippen LogP contribution < -0.4 is 10.6 Å². The SMILES string of the molecule is NC(=O)CCN(C(=O)CCSc1ccccc1F)c1ccc(F)cc1. The van der Waals surface area contributed by atoms with E-state index >= 15 is 0 Å². The van der Waals surface area contributed by atoms with Gasteiger partial charge in [-0.2, -0.15) is 0 Å². The Kier molecular flexibility index (Phi) is 6.94. The lowest BCUT2D eigenvalue weighted by molar-refractivity contribution is -0.118. The Hall–Kier alpha value is -2.41. The average molecular weight is 364 g/mol. The number of hydrogen-bond acceptors (Lipinski definition) is 3. The van der Waals surface area contributed by atoms with Gasteiger partial charge in [0.25, 0.3) is 0 Å². The molecule has 2 amide bonds. The van der Waals surface area contributed by atoms with Crippen molar-refractivity contribution in [1.82, 2.24) is 0 Å². The Morgan fingerprint density at radius 1 is 1.00 bits per heavy atom. The number of hydrogen-bond donors (Lipinski definition) is 1. The molecule has 0 aliphatic heterocycles. The minimum Gasteiger partial charge on any atom is -0.370 e. The Bertz CT molecular complexity index is 738. The summed E-state index contributed by atoms with van der Waals surface area (Å²) in [6.45, 7) is 0.115. The van der Waals surface area contributed by atoms with Crippen LogP contribution in [0, 0.1) is 11.6 Å². The molecule has 7 heteroatoms. The first-order valence-electron chi connectivity index (χ1n) is 7.69. The number of benzene rings is 2. The molecule has 0 saturated heterocycles. The van der Waals surface area contributed by atoms with Gasteiger partial charge >= 0.3 is 0 Å². The smallest absolute Gasteiger partial charge is 0.227 e. The molecule has 0 bridgehead atoms. The Labute approximate surface area is 149 Å². The third-order valence-electron chi connectivity index (χ3n) is 3.43. The van der Waals surface area contributed by atoms with Crippen molar-refractivity contribution in [2.45, 2.75) is 17.7 Å². The quantitative estimate of drug-likeness (QED) is 0.731. The van der Waals surface area contributed by atoms with Crippen LogP contribution in [0.2, 0.25) is 0 Å². The zero-order valence-electron chi connectivity index (χ0n) is 13.5. The van der Waals surface area contributed by atoms with E-state index in [-0.39, 0.29) is 31.1 Å². The van der Waals surface area contributed by atoms with E-state index in [4.69, 9.17) is 5.73 Å². The van der Waals surface area contributed by atoms with Crippen LogP contribution in [0.3, 0.4) is 0 Å². The molecule has 2 N–H and O–H groups in total. The number of thioether (sulfide) groups is 1. The molecule has 0 heterocycles. The first-order valence-corrected chi connectivity index (χ1v) is 8.67. The van der Waals surface area contributed by atoms with Crippen molar-refractivity contribution in [3.63, 3.8) is 0 Å². The molecule has 0 spiro atoms. The van der Waals surface area contributed by atoms with E-state index in [1.54, 1.807) is 18.2 Å². The molecular weight excluding hydrogens is 346 g/mol. The fourth-order valence-corrected chi connectivity index (χ4v) is 3.06. The topological polar surface area (TPSA) is 63.4 Å². The monoisotopic (exact) mass is 364 g/mol. The molecule has 0 saturated carbocycles. The van der Waals surface area contributed by atoms with E-state index in [1.165, 1.54) is 47.0 Å². The molecule has 0 aliphatic rings. The summed E-state index contributed by atoms with van der Waals surface area (Å²) in [6.07, 6.45) is 0.151. The average Bonchev–Trinajstić information content (AvgIpc) is 2.58. The van der Waals surface area contributed by atoms with Crippen molar-refractivity contribution in [2.24, 2.45) is 5.73 Å².